The van der Waals surface area contributed by atoms with Crippen molar-refractivity contribution in [1.29, 1.82) is 0 Å². The lowest BCUT2D eigenvalue weighted by atomic mass is 10.00. The van der Waals surface area contributed by atoms with Crippen LogP contribution >= 0.6 is 0 Å². The molecule has 2 rings (SSSR count). The van der Waals surface area contributed by atoms with E-state index in [1.54, 1.807) is 0 Å². The number of amides is 2. The Morgan fingerprint density at radius 2 is 2.14 bits per heavy atom. The number of aryl methyl sites for hydroxylation is 1. The van der Waals surface area contributed by atoms with Gasteiger partial charge in [0.2, 0.25) is 0 Å². The Hall–Kier alpha value is -1.99. The van der Waals surface area contributed by atoms with Crippen LogP contribution < -0.4 is 11.1 Å². The number of nitrogens with one attached hydrogen (secondary N) is 1. The smallest absolute Gasteiger partial charge is 0.321 e. The molecule has 0 spiro atoms. The van der Waals surface area contributed by atoms with Gasteiger partial charge in [0.05, 0.1) is 6.54 Å². The Balaban J connectivity index is 2.01. The molecule has 0 bridgehead atoms. The first-order valence-electron chi connectivity index (χ1n) is 7.45. The highest BCUT2D eigenvalue weighted by atomic mass is 16.2. The number of hydrogen-bond acceptors (Lipinski definition) is 2. The molecule has 3 N–H and O–H groups in total. The zero-order valence-electron chi connectivity index (χ0n) is 12.8. The molecule has 0 aliphatic carbocycles. The molecule has 0 atom stereocenters. The van der Waals surface area contributed by atoms with Gasteiger partial charge in [-0.1, -0.05) is 18.8 Å². The summed E-state index contributed by atoms with van der Waals surface area (Å²) < 4.78 is 0. The number of urea groups is 1. The molecule has 1 aliphatic rings. The first-order chi connectivity index (χ1) is 10.1. The maximum absolute atomic E-state index is 12.3. The predicted molar refractivity (Wildman–Crippen MR) is 86.1 cm³/mol. The highest BCUT2D eigenvalue weighted by Crippen LogP contribution is 2.19. The fraction of sp³-hybridized carbons (Fsp3) is 0.471. The van der Waals surface area contributed by atoms with E-state index in [1.807, 2.05) is 30.0 Å². The molecule has 0 saturated carbocycles. The molecule has 0 aromatic heterocycles. The summed E-state index contributed by atoms with van der Waals surface area (Å²) in [5, 5.41) is 2.99. The Morgan fingerprint density at radius 3 is 2.76 bits per heavy atom. The number of likely N-dealkylation sites (tertiary alicyclic amines) is 1. The summed E-state index contributed by atoms with van der Waals surface area (Å²) in [5.74, 6) is 6.54. The molecule has 0 radical (unpaired) electrons. The number of nitrogens with zero attached hydrogens (tertiary/aromatic N) is 1. The lowest BCUT2D eigenvalue weighted by molar-refractivity contribution is 0.186. The third kappa shape index (κ3) is 4.24. The standard InChI is InChI=1S/C17H23N3O/c1-13-7-10-20(11-8-13)17(21)19-16-6-5-15(4-3-9-18)12-14(16)2/h5-6,12-13H,7-11,18H2,1-2H3,(H,19,21). The van der Waals surface area contributed by atoms with Crippen molar-refractivity contribution in [2.24, 2.45) is 11.7 Å². The zero-order chi connectivity index (χ0) is 15.2. The van der Waals surface area contributed by atoms with Gasteiger partial charge in [0.1, 0.15) is 0 Å². The van der Waals surface area contributed by atoms with Crippen molar-refractivity contribution >= 4 is 11.7 Å². The van der Waals surface area contributed by atoms with Crippen LogP contribution in [0.1, 0.15) is 30.9 Å². The number of rotatable bonds is 1. The minimum atomic E-state index is -0.00853. The van der Waals surface area contributed by atoms with E-state index in [9.17, 15) is 4.79 Å². The lowest BCUT2D eigenvalue weighted by Crippen LogP contribution is -2.40. The van der Waals surface area contributed by atoms with Crippen molar-refractivity contribution < 1.29 is 4.79 Å². The highest BCUT2D eigenvalue weighted by molar-refractivity contribution is 5.90. The van der Waals surface area contributed by atoms with Crippen molar-refractivity contribution in [2.45, 2.75) is 26.7 Å². The largest absolute Gasteiger partial charge is 0.325 e. The van der Waals surface area contributed by atoms with E-state index < -0.39 is 0 Å². The molecule has 4 heteroatoms. The number of hydrogen-bond donors (Lipinski definition) is 2. The minimum absolute atomic E-state index is 0.00853. The van der Waals surface area contributed by atoms with E-state index >= 15 is 0 Å². The van der Waals surface area contributed by atoms with Crippen LogP contribution in [0.5, 0.6) is 0 Å². The van der Waals surface area contributed by atoms with Crippen LogP contribution in [0.2, 0.25) is 0 Å². The maximum Gasteiger partial charge on any atom is 0.321 e. The van der Waals surface area contributed by atoms with Gasteiger partial charge in [-0.25, -0.2) is 4.79 Å². The van der Waals surface area contributed by atoms with Gasteiger partial charge in [0.15, 0.2) is 0 Å². The molecule has 1 aliphatic heterocycles. The number of carbonyl (C=O) groups excluding carboxylic acids is 1. The summed E-state index contributed by atoms with van der Waals surface area (Å²) in [6, 6.07) is 5.77. The quantitative estimate of drug-likeness (QED) is 0.779. The van der Waals surface area contributed by atoms with Crippen LogP contribution in [-0.4, -0.2) is 30.6 Å². The summed E-state index contributed by atoms with van der Waals surface area (Å²) in [7, 11) is 0. The number of piperidine rings is 1. The SMILES string of the molecule is Cc1cc(C#CCN)ccc1NC(=O)N1CCC(C)CC1. The summed E-state index contributed by atoms with van der Waals surface area (Å²) in [6.07, 6.45) is 2.17. The molecule has 1 saturated heterocycles. The normalized spacial score (nSPS) is 15.3. The summed E-state index contributed by atoms with van der Waals surface area (Å²) in [6.45, 7) is 6.24. The fourth-order valence-corrected chi connectivity index (χ4v) is 2.44. The molecular weight excluding hydrogens is 262 g/mol. The van der Waals surface area contributed by atoms with Crippen molar-refractivity contribution in [3.63, 3.8) is 0 Å². The molecule has 1 heterocycles. The van der Waals surface area contributed by atoms with Gasteiger partial charge in [-0.05, 0) is 49.4 Å². The van der Waals surface area contributed by atoms with Gasteiger partial charge < -0.3 is 16.0 Å². The fourth-order valence-electron chi connectivity index (χ4n) is 2.44. The van der Waals surface area contributed by atoms with Gasteiger partial charge >= 0.3 is 6.03 Å². The van der Waals surface area contributed by atoms with E-state index in [0.717, 1.165) is 48.7 Å². The summed E-state index contributed by atoms with van der Waals surface area (Å²) in [5.41, 5.74) is 8.14. The Morgan fingerprint density at radius 1 is 1.43 bits per heavy atom. The molecule has 2 amide bonds. The number of carbonyl (C=O) groups is 1. The van der Waals surface area contributed by atoms with Crippen LogP contribution in [0.25, 0.3) is 0 Å². The van der Waals surface area contributed by atoms with E-state index in [-0.39, 0.29) is 6.03 Å². The van der Waals surface area contributed by atoms with Gasteiger partial charge in [-0.3, -0.25) is 0 Å². The molecule has 0 unspecified atom stereocenters. The summed E-state index contributed by atoms with van der Waals surface area (Å²) >= 11 is 0. The van der Waals surface area contributed by atoms with Crippen LogP contribution in [0.3, 0.4) is 0 Å². The zero-order valence-corrected chi connectivity index (χ0v) is 12.8. The second kappa shape index (κ2) is 7.14. The highest BCUT2D eigenvalue weighted by Gasteiger charge is 2.20. The third-order valence-electron chi connectivity index (χ3n) is 3.87. The van der Waals surface area contributed by atoms with E-state index in [2.05, 4.69) is 24.1 Å². The van der Waals surface area contributed by atoms with Gasteiger partial charge in [-0.15, -0.1) is 0 Å². The van der Waals surface area contributed by atoms with Crippen molar-refractivity contribution in [3.05, 3.63) is 29.3 Å². The van der Waals surface area contributed by atoms with Gasteiger partial charge in [0.25, 0.3) is 0 Å². The number of benzene rings is 1. The molecule has 1 aromatic carbocycles. The predicted octanol–water partition coefficient (Wildman–Crippen LogP) is 2.57. The first-order valence-corrected chi connectivity index (χ1v) is 7.45. The van der Waals surface area contributed by atoms with E-state index in [0.29, 0.717) is 6.54 Å². The molecule has 1 fully saturated rings. The van der Waals surface area contributed by atoms with E-state index in [4.69, 9.17) is 5.73 Å². The monoisotopic (exact) mass is 285 g/mol. The second-order valence-electron chi connectivity index (χ2n) is 5.64. The Kier molecular flexibility index (Phi) is 5.24. The first kappa shape index (κ1) is 15.4. The Bertz CT molecular complexity index is 563. The number of nitrogens with two attached hydrogens (primary N) is 1. The molecule has 1 aromatic rings. The molecule has 112 valence electrons. The topological polar surface area (TPSA) is 58.4 Å². The molecular formula is C17H23N3O. The van der Waals surface area contributed by atoms with Crippen molar-refractivity contribution in [2.75, 3.05) is 25.0 Å². The average Bonchev–Trinajstić information content (AvgIpc) is 2.48. The third-order valence-corrected chi connectivity index (χ3v) is 3.87. The van der Waals surface area contributed by atoms with Crippen molar-refractivity contribution in [3.8, 4) is 11.8 Å². The molecule has 4 nitrogen and oxygen atoms in total. The minimum Gasteiger partial charge on any atom is -0.325 e. The van der Waals surface area contributed by atoms with Crippen molar-refractivity contribution in [1.82, 2.24) is 4.90 Å². The maximum atomic E-state index is 12.3. The van der Waals surface area contributed by atoms with E-state index in [1.165, 1.54) is 0 Å². The molecule has 21 heavy (non-hydrogen) atoms. The number of anilines is 1. The van der Waals surface area contributed by atoms with Crippen LogP contribution in [0.4, 0.5) is 10.5 Å². The van der Waals surface area contributed by atoms with Crippen LogP contribution in [0.15, 0.2) is 18.2 Å². The average molecular weight is 285 g/mol. The second-order valence-corrected chi connectivity index (χ2v) is 5.64. The lowest BCUT2D eigenvalue weighted by Gasteiger charge is -2.30. The van der Waals surface area contributed by atoms with Gasteiger partial charge in [0, 0.05) is 24.3 Å². The van der Waals surface area contributed by atoms with Crippen LogP contribution in [-0.2, 0) is 0 Å². The Labute approximate surface area is 126 Å². The summed E-state index contributed by atoms with van der Waals surface area (Å²) in [4.78, 5) is 14.1. The van der Waals surface area contributed by atoms with Gasteiger partial charge in [-0.2, -0.15) is 0 Å². The van der Waals surface area contributed by atoms with Crippen LogP contribution in [0, 0.1) is 24.7 Å².